The van der Waals surface area contributed by atoms with Crippen LogP contribution in [0.1, 0.15) is 12.1 Å². The number of aromatic amines is 1. The molecule has 16 heavy (non-hydrogen) atoms. The van der Waals surface area contributed by atoms with Crippen LogP contribution in [0.5, 0.6) is 0 Å². The standard InChI is InChI=1S/C8H7N5O3/c9-4-3-8(14)12-10-5-6-1-2-7(11-6)13(15)16/h1-2,5,11H,3H2,(H,12,14)/b10-5+. The maximum atomic E-state index is 10.8. The van der Waals surface area contributed by atoms with Crippen molar-refractivity contribution in [3.63, 3.8) is 0 Å². The van der Waals surface area contributed by atoms with E-state index in [0.29, 0.717) is 5.69 Å². The summed E-state index contributed by atoms with van der Waals surface area (Å²) in [5, 5.41) is 22.0. The molecule has 0 aliphatic heterocycles. The molecule has 0 bridgehead atoms. The van der Waals surface area contributed by atoms with Crippen LogP contribution in [0.25, 0.3) is 0 Å². The molecule has 1 aromatic rings. The number of amides is 1. The van der Waals surface area contributed by atoms with E-state index >= 15 is 0 Å². The first-order chi connectivity index (χ1) is 7.63. The van der Waals surface area contributed by atoms with Gasteiger partial charge < -0.3 is 10.1 Å². The maximum absolute atomic E-state index is 10.8. The molecule has 8 nitrogen and oxygen atoms in total. The summed E-state index contributed by atoms with van der Waals surface area (Å²) in [4.78, 5) is 23.0. The molecule has 0 fully saturated rings. The number of carbonyl (C=O) groups excluding carboxylic acids is 1. The van der Waals surface area contributed by atoms with Crippen molar-refractivity contribution in [1.29, 1.82) is 5.26 Å². The highest BCUT2D eigenvalue weighted by Gasteiger charge is 2.05. The zero-order valence-corrected chi connectivity index (χ0v) is 8.01. The minimum atomic E-state index is -0.578. The lowest BCUT2D eigenvalue weighted by Gasteiger charge is -1.90. The number of hydrazone groups is 1. The van der Waals surface area contributed by atoms with Crippen LogP contribution in [0.3, 0.4) is 0 Å². The first-order valence-electron chi connectivity index (χ1n) is 4.15. The Bertz CT molecular complexity index is 470. The van der Waals surface area contributed by atoms with Crippen molar-refractivity contribution in [3.05, 3.63) is 27.9 Å². The van der Waals surface area contributed by atoms with Gasteiger partial charge in [-0.15, -0.1) is 0 Å². The van der Waals surface area contributed by atoms with Crippen LogP contribution in [0, 0.1) is 21.4 Å². The summed E-state index contributed by atoms with van der Waals surface area (Å²) in [6.07, 6.45) is 0.921. The lowest BCUT2D eigenvalue weighted by atomic mass is 10.4. The van der Waals surface area contributed by atoms with Gasteiger partial charge >= 0.3 is 5.82 Å². The molecule has 8 heteroatoms. The number of nitriles is 1. The van der Waals surface area contributed by atoms with Gasteiger partial charge in [0.25, 0.3) is 5.91 Å². The summed E-state index contributed by atoms with van der Waals surface area (Å²) in [6, 6.07) is 4.37. The molecule has 1 rings (SSSR count). The highest BCUT2D eigenvalue weighted by atomic mass is 16.6. The number of hydrogen-bond acceptors (Lipinski definition) is 5. The van der Waals surface area contributed by atoms with Crippen LogP contribution in [0.15, 0.2) is 17.2 Å². The van der Waals surface area contributed by atoms with E-state index in [2.05, 4.69) is 15.5 Å². The fourth-order valence-corrected chi connectivity index (χ4v) is 0.867. The van der Waals surface area contributed by atoms with E-state index in [0.717, 1.165) is 0 Å². The Labute approximate surface area is 89.7 Å². The van der Waals surface area contributed by atoms with Crippen LogP contribution >= 0.6 is 0 Å². The fourth-order valence-electron chi connectivity index (χ4n) is 0.867. The van der Waals surface area contributed by atoms with Crippen LogP contribution in [0.2, 0.25) is 0 Å². The zero-order chi connectivity index (χ0) is 12.0. The molecular formula is C8H7N5O3. The van der Waals surface area contributed by atoms with E-state index in [1.54, 1.807) is 6.07 Å². The minimum Gasteiger partial charge on any atom is -0.358 e. The average Bonchev–Trinajstić information content (AvgIpc) is 2.67. The third kappa shape index (κ3) is 3.22. The number of nitro groups is 1. The predicted molar refractivity (Wildman–Crippen MR) is 53.4 cm³/mol. The number of nitrogens with zero attached hydrogens (tertiary/aromatic N) is 3. The van der Waals surface area contributed by atoms with Gasteiger partial charge in [-0.25, -0.2) is 10.4 Å². The lowest BCUT2D eigenvalue weighted by Crippen LogP contribution is -2.16. The quantitative estimate of drug-likeness (QED) is 0.430. The van der Waals surface area contributed by atoms with Crippen molar-refractivity contribution in [2.24, 2.45) is 5.10 Å². The zero-order valence-electron chi connectivity index (χ0n) is 8.01. The van der Waals surface area contributed by atoms with Crippen LogP contribution in [0.4, 0.5) is 5.82 Å². The molecule has 0 aliphatic carbocycles. The number of rotatable bonds is 4. The summed E-state index contributed by atoms with van der Waals surface area (Å²) in [7, 11) is 0. The molecule has 0 saturated heterocycles. The third-order valence-corrected chi connectivity index (χ3v) is 1.52. The summed E-state index contributed by atoms with van der Waals surface area (Å²) >= 11 is 0. The van der Waals surface area contributed by atoms with Crippen molar-refractivity contribution in [1.82, 2.24) is 10.4 Å². The van der Waals surface area contributed by atoms with E-state index < -0.39 is 10.8 Å². The molecule has 0 aliphatic rings. The van der Waals surface area contributed by atoms with Crippen molar-refractivity contribution < 1.29 is 9.72 Å². The topological polar surface area (TPSA) is 124 Å². The lowest BCUT2D eigenvalue weighted by molar-refractivity contribution is -0.389. The van der Waals surface area contributed by atoms with Crippen molar-refractivity contribution in [2.45, 2.75) is 6.42 Å². The third-order valence-electron chi connectivity index (χ3n) is 1.52. The number of carbonyl (C=O) groups is 1. The van der Waals surface area contributed by atoms with E-state index in [1.807, 2.05) is 0 Å². The van der Waals surface area contributed by atoms with Gasteiger partial charge in [0.15, 0.2) is 0 Å². The Kier molecular flexibility index (Phi) is 3.74. The van der Waals surface area contributed by atoms with Gasteiger partial charge in [-0.3, -0.25) is 4.79 Å². The smallest absolute Gasteiger partial charge is 0.321 e. The molecule has 0 spiro atoms. The van der Waals surface area contributed by atoms with Crippen molar-refractivity contribution in [3.8, 4) is 6.07 Å². The normalized spacial score (nSPS) is 9.94. The van der Waals surface area contributed by atoms with E-state index in [-0.39, 0.29) is 12.2 Å². The summed E-state index contributed by atoms with van der Waals surface area (Å²) in [5.41, 5.74) is 2.47. The van der Waals surface area contributed by atoms with E-state index in [4.69, 9.17) is 5.26 Å². The van der Waals surface area contributed by atoms with Gasteiger partial charge in [0.2, 0.25) is 0 Å². The summed E-state index contributed by atoms with van der Waals surface area (Å²) in [5.74, 6) is -0.704. The number of hydrogen-bond donors (Lipinski definition) is 2. The molecule has 1 amide bonds. The van der Waals surface area contributed by atoms with Gasteiger partial charge in [0.1, 0.15) is 12.1 Å². The Hall–Kier alpha value is -2.69. The molecule has 2 N–H and O–H groups in total. The molecule has 0 atom stereocenters. The number of nitrogens with one attached hydrogen (secondary N) is 2. The Balaban J connectivity index is 2.53. The molecule has 1 heterocycles. The molecule has 0 saturated carbocycles. The molecule has 0 unspecified atom stereocenters. The summed E-state index contributed by atoms with van der Waals surface area (Å²) < 4.78 is 0. The van der Waals surface area contributed by atoms with E-state index in [1.165, 1.54) is 18.3 Å². The monoisotopic (exact) mass is 221 g/mol. The highest BCUT2D eigenvalue weighted by Crippen LogP contribution is 2.07. The molecule has 1 aromatic heterocycles. The second-order valence-electron chi connectivity index (χ2n) is 2.68. The average molecular weight is 221 g/mol. The largest absolute Gasteiger partial charge is 0.358 e. The molecule has 0 radical (unpaired) electrons. The second-order valence-corrected chi connectivity index (χ2v) is 2.68. The first-order valence-corrected chi connectivity index (χ1v) is 4.15. The Morgan fingerprint density at radius 1 is 1.75 bits per heavy atom. The van der Waals surface area contributed by atoms with Crippen LogP contribution in [-0.4, -0.2) is 22.0 Å². The van der Waals surface area contributed by atoms with Crippen LogP contribution < -0.4 is 5.43 Å². The molecule has 82 valence electrons. The van der Waals surface area contributed by atoms with Crippen molar-refractivity contribution >= 4 is 17.9 Å². The molecule has 0 aromatic carbocycles. The van der Waals surface area contributed by atoms with Gasteiger partial charge in [0, 0.05) is 6.07 Å². The van der Waals surface area contributed by atoms with Gasteiger partial charge in [-0.2, -0.15) is 10.4 Å². The SMILES string of the molecule is N#CCC(=O)N/N=C/c1ccc([N+](=O)[O-])[nH]1. The van der Waals surface area contributed by atoms with Gasteiger partial charge in [-0.1, -0.05) is 0 Å². The molecular weight excluding hydrogens is 214 g/mol. The first kappa shape index (κ1) is 11.4. The summed E-state index contributed by atoms with van der Waals surface area (Å²) in [6.45, 7) is 0. The second kappa shape index (κ2) is 5.26. The Morgan fingerprint density at radius 3 is 3.06 bits per heavy atom. The van der Waals surface area contributed by atoms with Crippen LogP contribution in [-0.2, 0) is 4.79 Å². The minimum absolute atomic E-state index is 0.162. The predicted octanol–water partition coefficient (Wildman–Crippen LogP) is 0.287. The highest BCUT2D eigenvalue weighted by molar-refractivity contribution is 5.82. The number of H-pyrrole nitrogens is 1. The Morgan fingerprint density at radius 2 is 2.50 bits per heavy atom. The number of aromatic nitrogens is 1. The van der Waals surface area contributed by atoms with Crippen molar-refractivity contribution in [2.75, 3.05) is 0 Å². The maximum Gasteiger partial charge on any atom is 0.321 e. The van der Waals surface area contributed by atoms with Gasteiger partial charge in [-0.05, 0) is 11.0 Å². The van der Waals surface area contributed by atoms with E-state index in [9.17, 15) is 14.9 Å². The van der Waals surface area contributed by atoms with Gasteiger partial charge in [0.05, 0.1) is 12.3 Å². The fraction of sp³-hybridized carbons (Fsp3) is 0.125.